The molecule has 1 fully saturated rings. The van der Waals surface area contributed by atoms with E-state index in [1.807, 2.05) is 0 Å². The van der Waals surface area contributed by atoms with E-state index >= 15 is 0 Å². The molecule has 34 heavy (non-hydrogen) atoms. The van der Waals surface area contributed by atoms with Crippen molar-refractivity contribution in [1.29, 1.82) is 0 Å². The molecule has 0 amide bonds. The quantitative estimate of drug-likeness (QED) is 0.461. The Hall–Kier alpha value is -1.23. The summed E-state index contributed by atoms with van der Waals surface area (Å²) in [5, 5.41) is 4.62. The second kappa shape index (κ2) is 14.4. The molecule has 4 heteroatoms. The first kappa shape index (κ1) is 30.8. The van der Waals surface area contributed by atoms with Gasteiger partial charge >= 0.3 is 0 Å². The van der Waals surface area contributed by atoms with E-state index in [1.165, 1.54) is 32.1 Å². The lowest BCUT2D eigenvalue weighted by Crippen LogP contribution is -3.00. The van der Waals surface area contributed by atoms with E-state index in [9.17, 15) is 0 Å². The maximum Gasteiger partial charge on any atom is 0.115 e. The van der Waals surface area contributed by atoms with Crippen molar-refractivity contribution in [3.8, 4) is 0 Å². The standard InChI is InChI=1S/C24H26P.C6H16P.ClH.H2O/c1-5-13-21(14-6-1)25(22-15-7-2-8-16-22,23-17-9-3-10-18-23)24-19-11-4-12-20-24;1-6(2)7(3,4)5;;/h1-3,5-10,13-18,24H,4,11-12,19-20H2;6H,1-5H3;1H;1H2/q2*+1;;/p-2. The number of halogens is 1. The maximum atomic E-state index is 2.38. The summed E-state index contributed by atoms with van der Waals surface area (Å²) < 4.78 is 0. The van der Waals surface area contributed by atoms with Crippen LogP contribution >= 0.6 is 14.5 Å². The Labute approximate surface area is 216 Å². The van der Waals surface area contributed by atoms with E-state index in [4.69, 9.17) is 0 Å². The van der Waals surface area contributed by atoms with Crippen LogP contribution in [0.3, 0.4) is 0 Å². The van der Waals surface area contributed by atoms with Crippen molar-refractivity contribution in [3.63, 3.8) is 0 Å². The Morgan fingerprint density at radius 2 is 0.882 bits per heavy atom. The van der Waals surface area contributed by atoms with Gasteiger partial charge in [-0.2, -0.15) is 0 Å². The molecule has 0 radical (unpaired) electrons. The fourth-order valence-corrected chi connectivity index (χ4v) is 9.76. The summed E-state index contributed by atoms with van der Waals surface area (Å²) in [4.78, 5) is 0. The molecule has 0 bridgehead atoms. The molecule has 1 N–H and O–H groups in total. The summed E-state index contributed by atoms with van der Waals surface area (Å²) >= 11 is 0. The Kier molecular flexibility index (Phi) is 13.0. The van der Waals surface area contributed by atoms with Crippen molar-refractivity contribution in [1.82, 2.24) is 0 Å². The van der Waals surface area contributed by atoms with Crippen LogP contribution in [0, 0.1) is 0 Å². The molecule has 0 saturated heterocycles. The number of benzene rings is 3. The molecule has 0 aromatic heterocycles. The molecule has 1 aliphatic rings. The average Bonchev–Trinajstić information content (AvgIpc) is 2.82. The molecule has 186 valence electrons. The smallest absolute Gasteiger partial charge is 0.115 e. The predicted octanol–water partition coefficient (Wildman–Crippen LogP) is 4.44. The molecule has 3 aromatic rings. The molecular weight excluding hydrogens is 474 g/mol. The second-order valence-electron chi connectivity index (χ2n) is 10.2. The topological polar surface area (TPSA) is 30.0 Å². The Morgan fingerprint density at radius 3 is 1.15 bits per heavy atom. The Balaban J connectivity index is 0.000000567. The van der Waals surface area contributed by atoms with Crippen LogP contribution in [0.25, 0.3) is 0 Å². The van der Waals surface area contributed by atoms with Crippen LogP contribution in [0.4, 0.5) is 0 Å². The highest BCUT2D eigenvalue weighted by molar-refractivity contribution is 7.96. The summed E-state index contributed by atoms with van der Waals surface area (Å²) in [6.07, 6.45) is 6.85. The molecule has 0 unspecified atom stereocenters. The minimum absolute atomic E-state index is 0. The van der Waals surface area contributed by atoms with E-state index in [1.54, 1.807) is 15.9 Å². The molecule has 0 heterocycles. The summed E-state index contributed by atoms with van der Waals surface area (Å²) in [5.74, 6) is 0. The van der Waals surface area contributed by atoms with Gasteiger partial charge in [0.15, 0.2) is 0 Å². The lowest BCUT2D eigenvalue weighted by Gasteiger charge is -2.36. The Morgan fingerprint density at radius 1 is 0.588 bits per heavy atom. The first-order valence-corrected chi connectivity index (χ1v) is 17.3. The average molecular weight is 517 g/mol. The fraction of sp³-hybridized carbons (Fsp3) is 0.400. The van der Waals surface area contributed by atoms with Gasteiger partial charge in [0.2, 0.25) is 0 Å². The van der Waals surface area contributed by atoms with Crippen molar-refractivity contribution in [3.05, 3.63) is 91.0 Å². The van der Waals surface area contributed by atoms with Gasteiger partial charge < -0.3 is 17.9 Å². The Bertz CT molecular complexity index is 822. The van der Waals surface area contributed by atoms with Gasteiger partial charge in [-0.15, -0.1) is 0 Å². The SMILES string of the molecule is CC(C)[P+](C)(C)C.[Cl-].[OH-].c1ccc([P+](c2ccccc2)(c2ccccc2)C2CCCCC2)cc1. The zero-order valence-corrected chi connectivity index (χ0v) is 24.1. The third-order valence-electron chi connectivity index (χ3n) is 7.16. The van der Waals surface area contributed by atoms with Gasteiger partial charge in [0.05, 0.1) is 11.3 Å². The van der Waals surface area contributed by atoms with E-state index in [-0.39, 0.29) is 17.9 Å². The molecule has 0 aliphatic heterocycles. The van der Waals surface area contributed by atoms with Crippen molar-refractivity contribution >= 4 is 30.4 Å². The minimum atomic E-state index is -1.63. The minimum Gasteiger partial charge on any atom is -1.00 e. The molecule has 1 saturated carbocycles. The van der Waals surface area contributed by atoms with Crippen LogP contribution < -0.4 is 28.3 Å². The highest BCUT2D eigenvalue weighted by atomic mass is 35.5. The summed E-state index contributed by atoms with van der Waals surface area (Å²) in [5.41, 5.74) is 1.67. The van der Waals surface area contributed by atoms with Crippen LogP contribution in [-0.2, 0) is 0 Å². The van der Waals surface area contributed by atoms with E-state index in [2.05, 4.69) is 125 Å². The van der Waals surface area contributed by atoms with Crippen LogP contribution in [0.15, 0.2) is 91.0 Å². The largest absolute Gasteiger partial charge is 1.00 e. The normalized spacial score (nSPS) is 14.3. The predicted molar refractivity (Wildman–Crippen MR) is 154 cm³/mol. The summed E-state index contributed by atoms with van der Waals surface area (Å²) in [7, 11) is -2.12. The zero-order chi connectivity index (χ0) is 23.0. The van der Waals surface area contributed by atoms with Gasteiger partial charge in [-0.25, -0.2) is 0 Å². The number of hydrogen-bond acceptors (Lipinski definition) is 1. The molecule has 3 aromatic carbocycles. The second-order valence-corrected chi connectivity index (χ2v) is 19.2. The number of rotatable bonds is 5. The van der Waals surface area contributed by atoms with Gasteiger partial charge in [0.1, 0.15) is 23.2 Å². The summed E-state index contributed by atoms with van der Waals surface area (Å²) in [6, 6.07) is 34.0. The third-order valence-corrected chi connectivity index (χ3v) is 15.2. The molecule has 1 nitrogen and oxygen atoms in total. The molecule has 0 spiro atoms. The monoisotopic (exact) mass is 516 g/mol. The lowest BCUT2D eigenvalue weighted by molar-refractivity contribution is -0.00000796. The molecule has 1 aliphatic carbocycles. The van der Waals surface area contributed by atoms with Gasteiger partial charge in [-0.3, -0.25) is 0 Å². The molecule has 0 atom stereocenters. The molecule has 4 rings (SSSR count). The van der Waals surface area contributed by atoms with Crippen LogP contribution in [-0.4, -0.2) is 36.8 Å². The molecular formula is C30H43ClOP2. The highest BCUT2D eigenvalue weighted by Crippen LogP contribution is 2.63. The van der Waals surface area contributed by atoms with Crippen molar-refractivity contribution in [2.75, 3.05) is 20.0 Å². The lowest BCUT2D eigenvalue weighted by atomic mass is 10.0. The first-order chi connectivity index (χ1) is 15.4. The van der Waals surface area contributed by atoms with Crippen LogP contribution in [0.2, 0.25) is 0 Å². The van der Waals surface area contributed by atoms with E-state index < -0.39 is 14.5 Å². The van der Waals surface area contributed by atoms with Crippen molar-refractivity contribution in [2.24, 2.45) is 0 Å². The van der Waals surface area contributed by atoms with Crippen LogP contribution in [0.1, 0.15) is 46.0 Å². The van der Waals surface area contributed by atoms with Crippen molar-refractivity contribution < 1.29 is 17.9 Å². The summed E-state index contributed by atoms with van der Waals surface area (Å²) in [6.45, 7) is 11.7. The van der Waals surface area contributed by atoms with Crippen LogP contribution in [0.5, 0.6) is 0 Å². The van der Waals surface area contributed by atoms with Gasteiger partial charge in [-0.1, -0.05) is 61.0 Å². The maximum absolute atomic E-state index is 2.38. The van der Waals surface area contributed by atoms with Gasteiger partial charge in [0.25, 0.3) is 0 Å². The van der Waals surface area contributed by atoms with Crippen molar-refractivity contribution in [2.45, 2.75) is 57.3 Å². The number of hydrogen-bond donors (Lipinski definition) is 0. The zero-order valence-electron chi connectivity index (χ0n) is 21.6. The highest BCUT2D eigenvalue weighted by Gasteiger charge is 2.51. The fourth-order valence-electron chi connectivity index (χ4n) is 4.54. The van der Waals surface area contributed by atoms with E-state index in [0.29, 0.717) is 0 Å². The third kappa shape index (κ3) is 7.38. The first-order valence-electron chi connectivity index (χ1n) is 12.2. The van der Waals surface area contributed by atoms with Gasteiger partial charge in [-0.05, 0) is 75.9 Å². The van der Waals surface area contributed by atoms with E-state index in [0.717, 1.165) is 11.3 Å². The van der Waals surface area contributed by atoms with Gasteiger partial charge in [0, 0.05) is 27.3 Å².